The summed E-state index contributed by atoms with van der Waals surface area (Å²) in [6.45, 7) is 9.37. The van der Waals surface area contributed by atoms with E-state index < -0.39 is 24.3 Å². The molecule has 0 aliphatic carbocycles. The molecule has 16 nitrogen and oxygen atoms in total. The van der Waals surface area contributed by atoms with Crippen LogP contribution in [0.25, 0.3) is 44.2 Å². The highest BCUT2D eigenvalue weighted by Gasteiger charge is 2.44. The number of imidazole rings is 2. The molecule has 9 rings (SSSR count). The molecule has 5 aromatic rings. The molecular formula is C47H56N8O8. The fraction of sp³-hybridized carbons (Fsp3) is 0.489. The zero-order valence-electron chi connectivity index (χ0n) is 36.7. The van der Waals surface area contributed by atoms with Crippen LogP contribution in [0.1, 0.15) is 95.5 Å². The Morgan fingerprint density at radius 1 is 0.794 bits per heavy atom. The monoisotopic (exact) mass is 860 g/mol. The standard InChI is InChI=1S/C47H56N8O8/c1-24(2)39(52-46(58)60-5)44(56)54-25(3)7-13-36(54)42-48-22-35(50-42)29-9-11-31-30(19-29)23-63-38-21-32-28(20-33(31)38)10-12-34-41(32)51-43(49-34)37-14-8-26(4)55(37)45(57)40(53-47(59)61-6)27-15-17-62-18-16-27/h9-12,19-22,24-27,36-37,39-40H,7-8,13-18,23H2,1-6H3,(H,48,50)(H,49,51)(H,52,58)(H,53,59)/t25-,26-,36?,37?,39?,40-/m0/s1. The zero-order valence-corrected chi connectivity index (χ0v) is 36.7. The normalized spacial score (nSPS) is 22.1. The predicted molar refractivity (Wildman–Crippen MR) is 235 cm³/mol. The van der Waals surface area contributed by atoms with E-state index in [-0.39, 0.29) is 47.8 Å². The van der Waals surface area contributed by atoms with E-state index in [2.05, 4.69) is 63.9 Å². The van der Waals surface area contributed by atoms with Crippen molar-refractivity contribution in [1.29, 1.82) is 0 Å². The average molecular weight is 861 g/mol. The average Bonchev–Trinajstić information content (AvgIpc) is 4.12. The predicted octanol–water partition coefficient (Wildman–Crippen LogP) is 7.30. The molecule has 0 radical (unpaired) electrons. The maximum Gasteiger partial charge on any atom is 0.407 e. The molecule has 4 aliphatic rings. The summed E-state index contributed by atoms with van der Waals surface area (Å²) in [7, 11) is 2.60. The maximum atomic E-state index is 14.4. The van der Waals surface area contributed by atoms with Crippen LogP contribution in [0.3, 0.4) is 0 Å². The number of likely N-dealkylation sites (tertiary alicyclic amines) is 2. The van der Waals surface area contributed by atoms with E-state index in [0.717, 1.165) is 87.0 Å². The van der Waals surface area contributed by atoms with Crippen LogP contribution in [0.2, 0.25) is 0 Å². The third-order valence-electron chi connectivity index (χ3n) is 13.6. The summed E-state index contributed by atoms with van der Waals surface area (Å²) in [5, 5.41) is 7.58. The topological polar surface area (TPSA) is 193 Å². The first-order valence-corrected chi connectivity index (χ1v) is 22.1. The molecule has 0 saturated carbocycles. The van der Waals surface area contributed by atoms with Gasteiger partial charge in [-0.2, -0.15) is 0 Å². The summed E-state index contributed by atoms with van der Waals surface area (Å²) in [4.78, 5) is 73.5. The first-order chi connectivity index (χ1) is 30.4. The van der Waals surface area contributed by atoms with Crippen molar-refractivity contribution in [3.8, 4) is 28.1 Å². The zero-order chi connectivity index (χ0) is 44.1. The molecule has 3 aromatic carbocycles. The molecule has 3 fully saturated rings. The van der Waals surface area contributed by atoms with Gasteiger partial charge < -0.3 is 49.3 Å². The van der Waals surface area contributed by atoms with Crippen LogP contribution in [0.4, 0.5) is 9.59 Å². The Balaban J connectivity index is 0.964. The quantitative estimate of drug-likeness (QED) is 0.117. The molecule has 16 heteroatoms. The number of methoxy groups -OCH3 is 2. The smallest absolute Gasteiger partial charge is 0.407 e. The van der Waals surface area contributed by atoms with Crippen LogP contribution in [0, 0.1) is 11.8 Å². The number of aromatic nitrogens is 4. The number of nitrogens with one attached hydrogen (secondary N) is 4. The fourth-order valence-corrected chi connectivity index (χ4v) is 10.2. The van der Waals surface area contributed by atoms with Crippen molar-refractivity contribution in [3.63, 3.8) is 0 Å². The van der Waals surface area contributed by atoms with Crippen molar-refractivity contribution in [2.75, 3.05) is 27.4 Å². The van der Waals surface area contributed by atoms with Gasteiger partial charge in [0.15, 0.2) is 0 Å². The maximum absolute atomic E-state index is 14.4. The van der Waals surface area contributed by atoms with Crippen LogP contribution in [-0.4, -0.2) is 105 Å². The number of H-pyrrole nitrogens is 2. The Labute approximate surface area is 365 Å². The first kappa shape index (κ1) is 42.2. The molecule has 6 atom stereocenters. The molecule has 4 aliphatic heterocycles. The molecule has 332 valence electrons. The van der Waals surface area contributed by atoms with E-state index in [1.807, 2.05) is 42.8 Å². The van der Waals surface area contributed by atoms with Crippen molar-refractivity contribution in [1.82, 2.24) is 40.4 Å². The van der Waals surface area contributed by atoms with Gasteiger partial charge in [-0.25, -0.2) is 19.6 Å². The Morgan fingerprint density at radius 3 is 2.21 bits per heavy atom. The highest BCUT2D eigenvalue weighted by atomic mass is 16.5. The second kappa shape index (κ2) is 17.2. The molecule has 6 heterocycles. The van der Waals surface area contributed by atoms with Gasteiger partial charge in [0, 0.05) is 36.2 Å². The SMILES string of the molecule is COC(=O)NC(C(=O)N1C(c2ncc(-c3ccc4c(c3)COc3cc5c(ccc6nc(C7CC[C@H](C)N7C(=O)[C@@H](NC(=O)OC)C7CCOCC7)[nH]c65)cc3-4)[nH]2)CC[C@@H]1C)C(C)C. The highest BCUT2D eigenvalue weighted by molar-refractivity contribution is 6.07. The van der Waals surface area contributed by atoms with Gasteiger partial charge >= 0.3 is 12.2 Å². The molecule has 0 spiro atoms. The summed E-state index contributed by atoms with van der Waals surface area (Å²) >= 11 is 0. The second-order valence-corrected chi connectivity index (χ2v) is 17.8. The highest BCUT2D eigenvalue weighted by Crippen LogP contribution is 2.44. The Bertz CT molecular complexity index is 2560. The van der Waals surface area contributed by atoms with E-state index in [0.29, 0.717) is 38.5 Å². The van der Waals surface area contributed by atoms with Gasteiger partial charge in [-0.05, 0) is 111 Å². The number of carbonyl (C=O) groups excluding carboxylic acids is 4. The van der Waals surface area contributed by atoms with E-state index in [9.17, 15) is 19.2 Å². The minimum atomic E-state index is -0.722. The summed E-state index contributed by atoms with van der Waals surface area (Å²) in [6.07, 6.45) is 5.04. The molecule has 3 unspecified atom stereocenters. The molecule has 2 aromatic heterocycles. The number of alkyl carbamates (subject to hydrolysis) is 2. The fourth-order valence-electron chi connectivity index (χ4n) is 10.2. The van der Waals surface area contributed by atoms with E-state index >= 15 is 0 Å². The lowest BCUT2D eigenvalue weighted by molar-refractivity contribution is -0.139. The summed E-state index contributed by atoms with van der Waals surface area (Å²) in [6, 6.07) is 12.6. The minimum absolute atomic E-state index is 0.0177. The molecule has 4 amide bonds. The van der Waals surface area contributed by atoms with Crippen molar-refractivity contribution in [3.05, 3.63) is 65.9 Å². The van der Waals surface area contributed by atoms with Crippen LogP contribution >= 0.6 is 0 Å². The van der Waals surface area contributed by atoms with E-state index in [1.165, 1.54) is 14.2 Å². The van der Waals surface area contributed by atoms with Gasteiger partial charge in [0.1, 0.15) is 36.1 Å². The minimum Gasteiger partial charge on any atom is -0.488 e. The number of nitrogens with zero attached hydrogens (tertiary/aromatic N) is 4. The number of hydrogen-bond acceptors (Lipinski definition) is 10. The number of hydrogen-bond donors (Lipinski definition) is 4. The van der Waals surface area contributed by atoms with Gasteiger partial charge in [-0.3, -0.25) is 9.59 Å². The number of aromatic amines is 2. The van der Waals surface area contributed by atoms with Crippen LogP contribution in [0.15, 0.2) is 48.7 Å². The molecule has 63 heavy (non-hydrogen) atoms. The lowest BCUT2D eigenvalue weighted by Gasteiger charge is -2.36. The van der Waals surface area contributed by atoms with Crippen LogP contribution in [-0.2, 0) is 30.4 Å². The lowest BCUT2D eigenvalue weighted by atomic mass is 9.90. The summed E-state index contributed by atoms with van der Waals surface area (Å²) in [5.41, 5.74) is 6.59. The number of carbonyl (C=O) groups is 4. The number of benzene rings is 3. The van der Waals surface area contributed by atoms with Crippen molar-refractivity contribution < 1.29 is 38.1 Å². The van der Waals surface area contributed by atoms with Crippen molar-refractivity contribution in [2.45, 2.75) is 109 Å². The molecule has 4 N–H and O–H groups in total. The lowest BCUT2D eigenvalue weighted by Crippen LogP contribution is -2.54. The largest absolute Gasteiger partial charge is 0.488 e. The number of amides is 4. The van der Waals surface area contributed by atoms with Gasteiger partial charge in [0.25, 0.3) is 0 Å². The number of fused-ring (bicyclic) bond motifs is 6. The van der Waals surface area contributed by atoms with E-state index in [4.69, 9.17) is 28.9 Å². The second-order valence-electron chi connectivity index (χ2n) is 17.8. The van der Waals surface area contributed by atoms with Crippen molar-refractivity contribution in [2.24, 2.45) is 11.8 Å². The number of rotatable bonds is 9. The summed E-state index contributed by atoms with van der Waals surface area (Å²) < 4.78 is 21.8. The third kappa shape index (κ3) is 7.82. The van der Waals surface area contributed by atoms with Gasteiger partial charge in [-0.15, -0.1) is 0 Å². The molecule has 0 bridgehead atoms. The number of ether oxygens (including phenoxy) is 4. The van der Waals surface area contributed by atoms with Gasteiger partial charge in [0.05, 0.1) is 49.2 Å². The van der Waals surface area contributed by atoms with Crippen LogP contribution < -0.4 is 15.4 Å². The van der Waals surface area contributed by atoms with Gasteiger partial charge in [0.2, 0.25) is 11.8 Å². The summed E-state index contributed by atoms with van der Waals surface area (Å²) in [5.74, 6) is 1.73. The third-order valence-corrected chi connectivity index (χ3v) is 13.6. The Morgan fingerprint density at radius 2 is 1.49 bits per heavy atom. The molecular weight excluding hydrogens is 805 g/mol. The Kier molecular flexibility index (Phi) is 11.5. The van der Waals surface area contributed by atoms with E-state index in [1.54, 1.807) is 0 Å². The van der Waals surface area contributed by atoms with Crippen LogP contribution in [0.5, 0.6) is 5.75 Å². The Hall–Kier alpha value is -6.16. The van der Waals surface area contributed by atoms with Crippen molar-refractivity contribution >= 4 is 45.8 Å². The molecule has 3 saturated heterocycles. The first-order valence-electron chi connectivity index (χ1n) is 22.1. The van der Waals surface area contributed by atoms with Gasteiger partial charge in [-0.1, -0.05) is 32.0 Å².